The van der Waals surface area contributed by atoms with Crippen LogP contribution in [0.15, 0.2) is 60.7 Å². The molecule has 1 unspecified atom stereocenters. The van der Waals surface area contributed by atoms with Gasteiger partial charge in [-0.1, -0.05) is 73.5 Å². The van der Waals surface area contributed by atoms with Crippen molar-refractivity contribution in [3.05, 3.63) is 71.8 Å². The van der Waals surface area contributed by atoms with Gasteiger partial charge in [0.1, 0.15) is 0 Å². The third-order valence-corrected chi connectivity index (χ3v) is 5.14. The fraction of sp³-hybridized carbons (Fsp3) is 0.444. The van der Waals surface area contributed by atoms with Gasteiger partial charge in [0.25, 0.3) is 0 Å². The van der Waals surface area contributed by atoms with E-state index in [-0.39, 0.29) is 5.97 Å². The topological polar surface area (TPSA) is 139 Å². The Bertz CT molecular complexity index is 831. The fourth-order valence-electron chi connectivity index (χ4n) is 3.24. The molecule has 0 aliphatic carbocycles. The van der Waals surface area contributed by atoms with Crippen molar-refractivity contribution in [3.63, 3.8) is 0 Å². The van der Waals surface area contributed by atoms with Crippen LogP contribution in [0.25, 0.3) is 0 Å². The molecule has 0 aliphatic rings. The number of hydrogen-bond acceptors (Lipinski definition) is 8. The highest BCUT2D eigenvalue weighted by Gasteiger charge is 2.05. The molecule has 0 fully saturated rings. The molecule has 2 aromatic rings. The second-order valence-corrected chi connectivity index (χ2v) is 8.03. The van der Waals surface area contributed by atoms with Gasteiger partial charge in [-0.3, -0.25) is 4.79 Å². The molecule has 0 amide bonds. The van der Waals surface area contributed by atoms with Crippen molar-refractivity contribution in [2.75, 3.05) is 19.7 Å². The molecule has 0 spiro atoms. The number of benzene rings is 2. The highest BCUT2D eigenvalue weighted by Crippen LogP contribution is 2.11. The number of carbonyl (C=O) groups is 3. The van der Waals surface area contributed by atoms with Crippen molar-refractivity contribution in [1.82, 2.24) is 5.32 Å². The lowest BCUT2D eigenvalue weighted by molar-refractivity contribution is -0.345. The second-order valence-electron chi connectivity index (χ2n) is 8.03. The molecule has 8 nitrogen and oxygen atoms in total. The molecule has 0 aliphatic heterocycles. The quantitative estimate of drug-likeness (QED) is 0.219. The Balaban J connectivity index is 0.000000905. The summed E-state index contributed by atoms with van der Waals surface area (Å²) in [5, 5.41) is 31.2. The summed E-state index contributed by atoms with van der Waals surface area (Å²) in [7, 11) is 0. The van der Waals surface area contributed by atoms with Gasteiger partial charge in [-0.05, 0) is 49.8 Å². The number of aliphatic hydroxyl groups excluding tert-OH is 1. The van der Waals surface area contributed by atoms with E-state index in [0.29, 0.717) is 19.6 Å². The summed E-state index contributed by atoms with van der Waals surface area (Å²) in [6.45, 7) is 1.99. The Morgan fingerprint density at radius 3 is 2.03 bits per heavy atom. The number of rotatable bonds is 15. The minimum atomic E-state index is -2.19. The molecular formula is C27H35NO7-2. The standard InChI is InChI=1S/C25H35NO3.C2H2O4/c27-24(23-16-7-4-8-17-23)21-26-19-11-1-2-12-20-29-25(28)18-10-9-15-22-13-5-3-6-14-22;3-1(4)2(5)6/h3-8,13-14,16-17,24,26-27H,1-2,9-12,15,18-21H2;(H,3,4)(H,5,6)/p-2. The third-order valence-electron chi connectivity index (χ3n) is 5.14. The SMILES string of the molecule is O=C(CCCCc1ccccc1)OCCCCCCNCC(O)c1ccccc1.O=C([O-])C(=O)[O-]. The van der Waals surface area contributed by atoms with Crippen molar-refractivity contribution < 1.29 is 34.4 Å². The first-order valence-corrected chi connectivity index (χ1v) is 12.0. The third kappa shape index (κ3) is 16.1. The predicted octanol–water partition coefficient (Wildman–Crippen LogP) is 1.31. The lowest BCUT2D eigenvalue weighted by Gasteiger charge is -2.12. The lowest BCUT2D eigenvalue weighted by atomic mass is 10.1. The summed E-state index contributed by atoms with van der Waals surface area (Å²) >= 11 is 0. The average molecular weight is 486 g/mol. The number of aliphatic carboxylic acids is 2. The molecule has 0 heterocycles. The lowest BCUT2D eigenvalue weighted by Crippen LogP contribution is -2.42. The number of aryl methyl sites for hydroxylation is 1. The summed E-state index contributed by atoms with van der Waals surface area (Å²) in [5.41, 5.74) is 2.27. The molecular weight excluding hydrogens is 450 g/mol. The van der Waals surface area contributed by atoms with Gasteiger partial charge in [-0.25, -0.2) is 0 Å². The number of ether oxygens (including phenoxy) is 1. The molecule has 35 heavy (non-hydrogen) atoms. The van der Waals surface area contributed by atoms with E-state index in [2.05, 4.69) is 17.4 Å². The number of nitrogens with one attached hydrogen (secondary N) is 1. The Hall–Kier alpha value is -3.23. The van der Waals surface area contributed by atoms with Crippen LogP contribution >= 0.6 is 0 Å². The van der Waals surface area contributed by atoms with Crippen LogP contribution in [0, 0.1) is 0 Å². The molecule has 192 valence electrons. The number of hydrogen-bond donors (Lipinski definition) is 2. The van der Waals surface area contributed by atoms with Crippen LogP contribution in [0.1, 0.15) is 62.2 Å². The molecule has 8 heteroatoms. The van der Waals surface area contributed by atoms with Crippen LogP contribution in [-0.2, 0) is 25.5 Å². The number of aliphatic hydroxyl groups is 1. The van der Waals surface area contributed by atoms with E-state index < -0.39 is 18.0 Å². The predicted molar refractivity (Wildman–Crippen MR) is 128 cm³/mol. The Morgan fingerprint density at radius 2 is 1.40 bits per heavy atom. The molecule has 1 atom stereocenters. The van der Waals surface area contributed by atoms with Gasteiger partial charge in [-0.2, -0.15) is 0 Å². The number of esters is 1. The van der Waals surface area contributed by atoms with Crippen molar-refractivity contribution in [2.24, 2.45) is 0 Å². The van der Waals surface area contributed by atoms with Crippen molar-refractivity contribution >= 4 is 17.9 Å². The van der Waals surface area contributed by atoms with Crippen LogP contribution in [0.3, 0.4) is 0 Å². The maximum absolute atomic E-state index is 11.8. The summed E-state index contributed by atoms with van der Waals surface area (Å²) in [6.07, 6.45) is 7.12. The van der Waals surface area contributed by atoms with Crippen molar-refractivity contribution in [3.8, 4) is 0 Å². The molecule has 2 aromatic carbocycles. The van der Waals surface area contributed by atoms with Gasteiger partial charge in [0.15, 0.2) is 0 Å². The highest BCUT2D eigenvalue weighted by molar-refractivity contribution is 6.25. The molecule has 0 saturated heterocycles. The zero-order valence-corrected chi connectivity index (χ0v) is 20.0. The van der Waals surface area contributed by atoms with E-state index in [1.165, 1.54) is 5.56 Å². The van der Waals surface area contributed by atoms with E-state index in [0.717, 1.165) is 57.1 Å². The molecule has 2 rings (SSSR count). The van der Waals surface area contributed by atoms with E-state index in [9.17, 15) is 9.90 Å². The molecule has 0 saturated carbocycles. The van der Waals surface area contributed by atoms with Crippen LogP contribution in [0.2, 0.25) is 0 Å². The highest BCUT2D eigenvalue weighted by atomic mass is 16.5. The average Bonchev–Trinajstić information content (AvgIpc) is 2.87. The first kappa shape index (κ1) is 29.8. The first-order valence-electron chi connectivity index (χ1n) is 12.0. The van der Waals surface area contributed by atoms with Crippen LogP contribution in [0.4, 0.5) is 0 Å². The first-order chi connectivity index (χ1) is 16.9. The molecule has 2 N–H and O–H groups in total. The molecule has 0 aromatic heterocycles. The van der Waals surface area contributed by atoms with E-state index in [1.54, 1.807) is 0 Å². The Kier molecular flexibility index (Phi) is 16.3. The minimum Gasteiger partial charge on any atom is -0.543 e. The largest absolute Gasteiger partial charge is 0.543 e. The number of carboxylic acid groups (broad SMARTS) is 2. The summed E-state index contributed by atoms with van der Waals surface area (Å²) in [5.74, 6) is -4.44. The van der Waals surface area contributed by atoms with Crippen LogP contribution < -0.4 is 15.5 Å². The maximum atomic E-state index is 11.8. The summed E-state index contributed by atoms with van der Waals surface area (Å²) in [6, 6.07) is 20.1. The summed E-state index contributed by atoms with van der Waals surface area (Å²) < 4.78 is 5.31. The summed E-state index contributed by atoms with van der Waals surface area (Å²) in [4.78, 5) is 29.6. The Labute approximate surface area is 206 Å². The van der Waals surface area contributed by atoms with Crippen LogP contribution in [-0.4, -0.2) is 42.7 Å². The van der Waals surface area contributed by atoms with Gasteiger partial charge in [0, 0.05) is 13.0 Å². The van der Waals surface area contributed by atoms with Gasteiger partial charge < -0.3 is 35.0 Å². The number of carboxylic acids is 2. The zero-order chi connectivity index (χ0) is 25.7. The monoisotopic (exact) mass is 485 g/mol. The normalized spacial score (nSPS) is 11.1. The van der Waals surface area contributed by atoms with E-state index in [4.69, 9.17) is 24.5 Å². The number of carbonyl (C=O) groups excluding carboxylic acids is 3. The minimum absolute atomic E-state index is 0.0744. The molecule has 0 bridgehead atoms. The van der Waals surface area contributed by atoms with Gasteiger partial charge in [0.05, 0.1) is 24.6 Å². The fourth-order valence-corrected chi connectivity index (χ4v) is 3.24. The zero-order valence-electron chi connectivity index (χ0n) is 20.0. The van der Waals surface area contributed by atoms with Gasteiger partial charge in [0.2, 0.25) is 0 Å². The van der Waals surface area contributed by atoms with Crippen molar-refractivity contribution in [1.29, 1.82) is 0 Å². The molecule has 0 radical (unpaired) electrons. The van der Waals surface area contributed by atoms with Crippen molar-refractivity contribution in [2.45, 2.75) is 57.5 Å². The second kappa shape index (κ2) is 19.1. The van der Waals surface area contributed by atoms with E-state index in [1.807, 2.05) is 48.5 Å². The number of unbranched alkanes of at least 4 members (excludes halogenated alkanes) is 4. The van der Waals surface area contributed by atoms with E-state index >= 15 is 0 Å². The van der Waals surface area contributed by atoms with Gasteiger partial charge in [-0.15, -0.1) is 0 Å². The Morgan fingerprint density at radius 1 is 0.800 bits per heavy atom. The van der Waals surface area contributed by atoms with Crippen LogP contribution in [0.5, 0.6) is 0 Å². The smallest absolute Gasteiger partial charge is 0.305 e. The van der Waals surface area contributed by atoms with Gasteiger partial charge >= 0.3 is 5.97 Å². The maximum Gasteiger partial charge on any atom is 0.305 e.